The maximum atomic E-state index is 12.8. The van der Waals surface area contributed by atoms with Gasteiger partial charge in [-0.3, -0.25) is 9.52 Å². The SMILES string of the molecule is COCCNC(=O)c1cc(NS(=O)(=O)c2ccc(Cl)cc2)ccc1N1CCNCC1.O=C(O)C(F)(F)F. The van der Waals surface area contributed by atoms with Crippen LogP contribution in [0.5, 0.6) is 0 Å². The van der Waals surface area contributed by atoms with Gasteiger partial charge in [0, 0.05) is 56.2 Å². The zero-order chi connectivity index (χ0) is 27.6. The lowest BCUT2D eigenvalue weighted by Crippen LogP contribution is -2.44. The van der Waals surface area contributed by atoms with Gasteiger partial charge in [-0.15, -0.1) is 0 Å². The van der Waals surface area contributed by atoms with Gasteiger partial charge in [-0.1, -0.05) is 11.6 Å². The van der Waals surface area contributed by atoms with Gasteiger partial charge in [-0.05, 0) is 42.5 Å². The Labute approximate surface area is 216 Å². The monoisotopic (exact) mass is 566 g/mol. The molecule has 2 aromatic rings. The highest BCUT2D eigenvalue weighted by Gasteiger charge is 2.38. The number of carboxylic acid groups (broad SMARTS) is 1. The van der Waals surface area contributed by atoms with Crippen molar-refractivity contribution in [3.63, 3.8) is 0 Å². The highest BCUT2D eigenvalue weighted by Crippen LogP contribution is 2.27. The van der Waals surface area contributed by atoms with Crippen LogP contribution in [0.15, 0.2) is 47.4 Å². The summed E-state index contributed by atoms with van der Waals surface area (Å²) >= 11 is 5.84. The highest BCUT2D eigenvalue weighted by molar-refractivity contribution is 7.92. The Balaban J connectivity index is 0.000000604. The first-order valence-electron chi connectivity index (χ1n) is 10.8. The van der Waals surface area contributed by atoms with Crippen LogP contribution in [-0.4, -0.2) is 78.0 Å². The summed E-state index contributed by atoms with van der Waals surface area (Å²) in [4.78, 5) is 23.9. The van der Waals surface area contributed by atoms with E-state index in [0.717, 1.165) is 31.9 Å². The van der Waals surface area contributed by atoms with E-state index in [4.69, 9.17) is 26.2 Å². The normalized spacial score (nSPS) is 13.8. The molecule has 0 atom stereocenters. The highest BCUT2D eigenvalue weighted by atomic mass is 35.5. The maximum absolute atomic E-state index is 12.8. The van der Waals surface area contributed by atoms with Crippen molar-refractivity contribution in [2.75, 3.05) is 56.1 Å². The quantitative estimate of drug-likeness (QED) is 0.358. The number of methoxy groups -OCH3 is 1. The number of amides is 1. The van der Waals surface area contributed by atoms with Crippen LogP contribution in [0, 0.1) is 0 Å². The molecule has 1 fully saturated rings. The van der Waals surface area contributed by atoms with E-state index < -0.39 is 22.2 Å². The molecule has 1 amide bonds. The zero-order valence-electron chi connectivity index (χ0n) is 19.6. The molecule has 1 saturated heterocycles. The number of nitrogens with one attached hydrogen (secondary N) is 3. The molecule has 10 nitrogen and oxygen atoms in total. The summed E-state index contributed by atoms with van der Waals surface area (Å²) in [5.74, 6) is -3.04. The van der Waals surface area contributed by atoms with Crippen molar-refractivity contribution in [2.24, 2.45) is 0 Å². The van der Waals surface area contributed by atoms with Gasteiger partial charge >= 0.3 is 12.1 Å². The molecule has 0 radical (unpaired) electrons. The second-order valence-electron chi connectivity index (χ2n) is 7.58. The Kier molecular flexibility index (Phi) is 11.0. The van der Waals surface area contributed by atoms with Crippen LogP contribution in [0.4, 0.5) is 24.5 Å². The number of sulfonamides is 1. The second-order valence-corrected chi connectivity index (χ2v) is 9.70. The number of aliphatic carboxylic acids is 1. The third-order valence-corrected chi connectivity index (χ3v) is 6.56. The van der Waals surface area contributed by atoms with Crippen molar-refractivity contribution in [3.05, 3.63) is 53.1 Å². The van der Waals surface area contributed by atoms with Crippen LogP contribution in [0.2, 0.25) is 5.02 Å². The summed E-state index contributed by atoms with van der Waals surface area (Å²) in [6.07, 6.45) is -5.08. The lowest BCUT2D eigenvalue weighted by atomic mass is 10.1. The molecule has 0 spiro atoms. The fraction of sp³-hybridized carbons (Fsp3) is 0.364. The molecule has 204 valence electrons. The van der Waals surface area contributed by atoms with E-state index in [2.05, 4.69) is 20.3 Å². The molecule has 1 aliphatic heterocycles. The van der Waals surface area contributed by atoms with Crippen molar-refractivity contribution < 1.29 is 41.0 Å². The Hall–Kier alpha value is -3.07. The summed E-state index contributed by atoms with van der Waals surface area (Å²) in [5.41, 5.74) is 1.48. The molecule has 1 aliphatic rings. The summed E-state index contributed by atoms with van der Waals surface area (Å²) < 4.78 is 64.7. The average Bonchev–Trinajstić information content (AvgIpc) is 2.84. The van der Waals surface area contributed by atoms with Gasteiger partial charge in [0.05, 0.1) is 17.1 Å². The number of alkyl halides is 3. The molecule has 4 N–H and O–H groups in total. The van der Waals surface area contributed by atoms with Crippen LogP contribution in [0.25, 0.3) is 0 Å². The molecule has 0 saturated carbocycles. The largest absolute Gasteiger partial charge is 0.490 e. The van der Waals surface area contributed by atoms with E-state index in [1.807, 2.05) is 0 Å². The first-order valence-corrected chi connectivity index (χ1v) is 12.7. The van der Waals surface area contributed by atoms with E-state index in [0.29, 0.717) is 29.4 Å². The van der Waals surface area contributed by atoms with Gasteiger partial charge in [-0.25, -0.2) is 13.2 Å². The van der Waals surface area contributed by atoms with Crippen LogP contribution in [0.1, 0.15) is 10.4 Å². The van der Waals surface area contributed by atoms with Crippen molar-refractivity contribution in [1.29, 1.82) is 0 Å². The van der Waals surface area contributed by atoms with Crippen molar-refractivity contribution in [2.45, 2.75) is 11.1 Å². The van der Waals surface area contributed by atoms with Crippen LogP contribution in [-0.2, 0) is 19.6 Å². The minimum atomic E-state index is -5.08. The summed E-state index contributed by atoms with van der Waals surface area (Å²) in [7, 11) is -2.26. The van der Waals surface area contributed by atoms with Gasteiger partial charge in [0.2, 0.25) is 0 Å². The number of halogens is 4. The lowest BCUT2D eigenvalue weighted by Gasteiger charge is -2.31. The number of carbonyl (C=O) groups excluding carboxylic acids is 1. The van der Waals surface area contributed by atoms with Crippen LogP contribution >= 0.6 is 11.6 Å². The molecular weight excluding hydrogens is 541 g/mol. The van der Waals surface area contributed by atoms with E-state index in [1.54, 1.807) is 25.3 Å². The Bertz CT molecular complexity index is 1170. The fourth-order valence-electron chi connectivity index (χ4n) is 3.15. The van der Waals surface area contributed by atoms with Crippen molar-refractivity contribution in [1.82, 2.24) is 10.6 Å². The molecule has 3 rings (SSSR count). The van der Waals surface area contributed by atoms with E-state index >= 15 is 0 Å². The first-order chi connectivity index (χ1) is 17.3. The number of ether oxygens (including phenoxy) is 1. The number of rotatable bonds is 8. The van der Waals surface area contributed by atoms with Gasteiger partial charge < -0.3 is 25.4 Å². The fourth-order valence-corrected chi connectivity index (χ4v) is 4.33. The smallest absolute Gasteiger partial charge is 0.475 e. The first kappa shape index (κ1) is 30.2. The summed E-state index contributed by atoms with van der Waals surface area (Å²) in [5, 5.41) is 13.7. The molecule has 0 bridgehead atoms. The zero-order valence-corrected chi connectivity index (χ0v) is 21.2. The number of anilines is 2. The number of benzene rings is 2. The van der Waals surface area contributed by atoms with Gasteiger partial charge in [0.15, 0.2) is 0 Å². The molecular formula is C22H26ClF3N4O6S. The predicted octanol–water partition coefficient (Wildman–Crippen LogP) is 2.56. The van der Waals surface area contributed by atoms with Crippen LogP contribution < -0.4 is 20.3 Å². The minimum absolute atomic E-state index is 0.0872. The molecule has 0 unspecified atom stereocenters. The van der Waals surface area contributed by atoms with E-state index in [9.17, 15) is 26.4 Å². The van der Waals surface area contributed by atoms with Crippen molar-refractivity contribution >= 4 is 44.9 Å². The topological polar surface area (TPSA) is 137 Å². The van der Waals surface area contributed by atoms with E-state index in [1.165, 1.54) is 24.3 Å². The molecule has 37 heavy (non-hydrogen) atoms. The maximum Gasteiger partial charge on any atom is 0.490 e. The number of piperazine rings is 1. The minimum Gasteiger partial charge on any atom is -0.475 e. The van der Waals surface area contributed by atoms with Crippen molar-refractivity contribution in [3.8, 4) is 0 Å². The van der Waals surface area contributed by atoms with Gasteiger partial charge in [0.25, 0.3) is 15.9 Å². The lowest BCUT2D eigenvalue weighted by molar-refractivity contribution is -0.192. The molecule has 1 heterocycles. The van der Waals surface area contributed by atoms with E-state index in [-0.39, 0.29) is 10.8 Å². The number of carbonyl (C=O) groups is 2. The molecule has 0 aliphatic carbocycles. The molecule has 15 heteroatoms. The predicted molar refractivity (Wildman–Crippen MR) is 132 cm³/mol. The summed E-state index contributed by atoms with van der Waals surface area (Å²) in [6.45, 7) is 3.89. The molecule has 2 aromatic carbocycles. The Morgan fingerprint density at radius 1 is 1.14 bits per heavy atom. The number of nitrogens with zero attached hydrogens (tertiary/aromatic N) is 1. The average molecular weight is 567 g/mol. The van der Waals surface area contributed by atoms with Gasteiger partial charge in [-0.2, -0.15) is 13.2 Å². The third kappa shape index (κ3) is 9.39. The number of hydrogen-bond acceptors (Lipinski definition) is 7. The molecule has 0 aromatic heterocycles. The number of carboxylic acids is 1. The van der Waals surface area contributed by atoms with Crippen LogP contribution in [0.3, 0.4) is 0 Å². The second kappa shape index (κ2) is 13.5. The summed E-state index contributed by atoms with van der Waals surface area (Å²) in [6, 6.07) is 10.9. The Morgan fingerprint density at radius 3 is 2.27 bits per heavy atom. The third-order valence-electron chi connectivity index (χ3n) is 4.91. The number of hydrogen-bond donors (Lipinski definition) is 4. The standard InChI is InChI=1S/C20H25ClN4O4S.C2HF3O2/c1-29-13-10-23-20(26)18-14-16(4-7-19(18)25-11-8-22-9-12-25)24-30(27,28)17-5-2-15(21)3-6-17;3-2(4,5)1(6)7/h2-7,14,22,24H,8-13H2,1H3,(H,23,26);(H,6,7). The van der Waals surface area contributed by atoms with Gasteiger partial charge in [0.1, 0.15) is 0 Å². The Morgan fingerprint density at radius 2 is 1.73 bits per heavy atom.